The van der Waals surface area contributed by atoms with E-state index in [4.69, 9.17) is 14.2 Å². The number of hydrogen-bond donors (Lipinski definition) is 0. The lowest BCUT2D eigenvalue weighted by Crippen LogP contribution is -2.30. The van der Waals surface area contributed by atoms with Crippen molar-refractivity contribution in [2.24, 2.45) is 0 Å². The molecule has 0 aliphatic rings. The van der Waals surface area contributed by atoms with Crippen LogP contribution < -0.4 is 0 Å². The summed E-state index contributed by atoms with van der Waals surface area (Å²) in [5.74, 6) is -1.04. The first-order chi connectivity index (χ1) is 41.0. The molecular formula is C77H120O6. The number of hydrogen-bond acceptors (Lipinski definition) is 6. The Morgan fingerprint density at radius 1 is 0.253 bits per heavy atom. The summed E-state index contributed by atoms with van der Waals surface area (Å²) in [5.41, 5.74) is 0. The van der Waals surface area contributed by atoms with Gasteiger partial charge in [0, 0.05) is 19.3 Å². The third kappa shape index (κ3) is 67.2. The highest BCUT2D eigenvalue weighted by Crippen LogP contribution is 2.14. The first-order valence-electron chi connectivity index (χ1n) is 33.3. The standard InChI is InChI=1S/C77H120O6/c1-4-7-10-13-16-19-22-25-28-31-34-35-36-37-38-39-40-41-44-46-49-52-55-58-61-64-67-70-76(79)82-73-74(83-77(80)71-68-65-62-59-56-53-50-47-43-33-30-27-24-21-18-15-12-9-6-3)72-81-75(78)69-66-63-60-57-54-51-48-45-42-32-29-26-23-20-17-14-11-8-5-2/h7,9-10,12,16-21,25-30,34-35,37-38,40-43,45,47,53,56,62,65,74H,4-6,8,11,13-15,22-24,31-33,36,39,44,46,48-52,54-55,57-61,63-64,66-73H2,1-3H3/b10-7-,12-9-,19-16-,20-17-,21-18-,28-25-,29-26-,30-27-,35-34-,38-37-,41-40-,45-42-,47-43-,56-53-,65-62-. The van der Waals surface area contributed by atoms with Gasteiger partial charge in [-0.3, -0.25) is 14.4 Å². The highest BCUT2D eigenvalue weighted by Gasteiger charge is 2.19. The molecule has 464 valence electrons. The number of unbranched alkanes of at least 4 members (excludes halogenated alkanes) is 17. The Hall–Kier alpha value is -5.49. The molecule has 0 fully saturated rings. The van der Waals surface area contributed by atoms with Crippen molar-refractivity contribution in [3.8, 4) is 0 Å². The minimum atomic E-state index is -0.840. The van der Waals surface area contributed by atoms with E-state index in [0.717, 1.165) is 148 Å². The lowest BCUT2D eigenvalue weighted by atomic mass is 10.1. The predicted octanol–water partition coefficient (Wildman–Crippen LogP) is 23.2. The average molecular weight is 1140 g/mol. The van der Waals surface area contributed by atoms with Gasteiger partial charge in [-0.05, 0) is 148 Å². The van der Waals surface area contributed by atoms with E-state index < -0.39 is 12.1 Å². The summed E-state index contributed by atoms with van der Waals surface area (Å²) in [6, 6.07) is 0. The van der Waals surface area contributed by atoms with Gasteiger partial charge in [0.15, 0.2) is 6.10 Å². The summed E-state index contributed by atoms with van der Waals surface area (Å²) in [6.45, 7) is 6.30. The van der Waals surface area contributed by atoms with Crippen LogP contribution in [0.4, 0.5) is 0 Å². The van der Waals surface area contributed by atoms with Gasteiger partial charge in [0.1, 0.15) is 13.2 Å². The second kappa shape index (κ2) is 69.0. The van der Waals surface area contributed by atoms with Crippen molar-refractivity contribution in [3.63, 3.8) is 0 Å². The molecule has 6 heteroatoms. The van der Waals surface area contributed by atoms with E-state index in [1.54, 1.807) is 0 Å². The van der Waals surface area contributed by atoms with Gasteiger partial charge in [-0.1, -0.05) is 280 Å². The molecule has 1 atom stereocenters. The van der Waals surface area contributed by atoms with Crippen LogP contribution in [0.1, 0.15) is 265 Å². The smallest absolute Gasteiger partial charge is 0.306 e. The van der Waals surface area contributed by atoms with Gasteiger partial charge in [-0.25, -0.2) is 0 Å². The highest BCUT2D eigenvalue weighted by molar-refractivity contribution is 5.71. The maximum Gasteiger partial charge on any atom is 0.306 e. The summed E-state index contributed by atoms with van der Waals surface area (Å²) in [4.78, 5) is 38.4. The Balaban J connectivity index is 4.53. The Bertz CT molecular complexity index is 1940. The van der Waals surface area contributed by atoms with Gasteiger partial charge in [0.2, 0.25) is 0 Å². The Kier molecular flexibility index (Phi) is 64.4. The molecule has 0 rings (SSSR count). The van der Waals surface area contributed by atoms with Crippen LogP contribution in [0, 0.1) is 0 Å². The highest BCUT2D eigenvalue weighted by atomic mass is 16.6. The second-order valence-electron chi connectivity index (χ2n) is 21.3. The zero-order valence-corrected chi connectivity index (χ0v) is 53.1. The van der Waals surface area contributed by atoms with Crippen LogP contribution in [0.3, 0.4) is 0 Å². The van der Waals surface area contributed by atoms with Crippen LogP contribution in [-0.2, 0) is 28.6 Å². The fraction of sp³-hybridized carbons (Fsp3) is 0.571. The maximum absolute atomic E-state index is 12.9. The molecule has 1 unspecified atom stereocenters. The molecule has 0 aliphatic heterocycles. The fourth-order valence-corrected chi connectivity index (χ4v) is 8.48. The van der Waals surface area contributed by atoms with Crippen LogP contribution in [0.25, 0.3) is 0 Å². The third-order valence-corrected chi connectivity index (χ3v) is 13.4. The first-order valence-corrected chi connectivity index (χ1v) is 33.3. The number of carbonyl (C=O) groups excluding carboxylic acids is 3. The molecule has 0 aromatic carbocycles. The second-order valence-corrected chi connectivity index (χ2v) is 21.3. The maximum atomic E-state index is 12.9. The molecule has 6 nitrogen and oxygen atoms in total. The molecule has 0 aromatic heterocycles. The number of esters is 3. The largest absolute Gasteiger partial charge is 0.462 e. The van der Waals surface area contributed by atoms with Crippen LogP contribution in [-0.4, -0.2) is 37.2 Å². The van der Waals surface area contributed by atoms with Crippen LogP contribution in [0.5, 0.6) is 0 Å². The monoisotopic (exact) mass is 1140 g/mol. The van der Waals surface area contributed by atoms with E-state index in [1.165, 1.54) is 70.6 Å². The molecule has 0 aromatic rings. The van der Waals surface area contributed by atoms with Gasteiger partial charge in [-0.15, -0.1) is 0 Å². The van der Waals surface area contributed by atoms with E-state index in [0.29, 0.717) is 19.3 Å². The van der Waals surface area contributed by atoms with Crippen LogP contribution in [0.15, 0.2) is 182 Å². The van der Waals surface area contributed by atoms with Gasteiger partial charge in [0.05, 0.1) is 0 Å². The van der Waals surface area contributed by atoms with Crippen molar-refractivity contribution in [1.82, 2.24) is 0 Å². The molecule has 0 heterocycles. The lowest BCUT2D eigenvalue weighted by molar-refractivity contribution is -0.166. The van der Waals surface area contributed by atoms with Crippen molar-refractivity contribution in [3.05, 3.63) is 182 Å². The van der Waals surface area contributed by atoms with Crippen molar-refractivity contribution in [1.29, 1.82) is 0 Å². The van der Waals surface area contributed by atoms with Crippen molar-refractivity contribution in [2.45, 2.75) is 271 Å². The summed E-state index contributed by atoms with van der Waals surface area (Å²) in [5, 5.41) is 0. The van der Waals surface area contributed by atoms with Crippen molar-refractivity contribution < 1.29 is 28.6 Å². The van der Waals surface area contributed by atoms with E-state index in [9.17, 15) is 14.4 Å². The predicted molar refractivity (Wildman–Crippen MR) is 361 cm³/mol. The Morgan fingerprint density at radius 2 is 0.494 bits per heavy atom. The third-order valence-electron chi connectivity index (χ3n) is 13.4. The van der Waals surface area contributed by atoms with Gasteiger partial charge >= 0.3 is 17.9 Å². The van der Waals surface area contributed by atoms with Crippen molar-refractivity contribution >= 4 is 17.9 Å². The minimum absolute atomic E-state index is 0.126. The molecule has 0 aliphatic carbocycles. The Labute approximate surface area is 510 Å². The summed E-state index contributed by atoms with van der Waals surface area (Å²) in [6.07, 6.45) is 103. The van der Waals surface area contributed by atoms with Crippen LogP contribution in [0.2, 0.25) is 0 Å². The van der Waals surface area contributed by atoms with Gasteiger partial charge in [0.25, 0.3) is 0 Å². The topological polar surface area (TPSA) is 78.9 Å². The van der Waals surface area contributed by atoms with E-state index in [1.807, 2.05) is 12.2 Å². The first kappa shape index (κ1) is 77.5. The Morgan fingerprint density at radius 3 is 0.783 bits per heavy atom. The van der Waals surface area contributed by atoms with Crippen molar-refractivity contribution in [2.75, 3.05) is 13.2 Å². The normalized spacial score (nSPS) is 13.3. The van der Waals surface area contributed by atoms with E-state index in [2.05, 4.69) is 191 Å². The van der Waals surface area contributed by atoms with Gasteiger partial charge in [-0.2, -0.15) is 0 Å². The molecule has 0 spiro atoms. The molecule has 0 amide bonds. The molecule has 0 N–H and O–H groups in total. The van der Waals surface area contributed by atoms with E-state index >= 15 is 0 Å². The zero-order valence-electron chi connectivity index (χ0n) is 53.1. The lowest BCUT2D eigenvalue weighted by Gasteiger charge is -2.18. The van der Waals surface area contributed by atoms with Crippen LogP contribution >= 0.6 is 0 Å². The quantitative estimate of drug-likeness (QED) is 0.0261. The SMILES string of the molecule is CC/C=C\C/C=C\C/C=C\C/C=C\C/C=C\C/C=C\CCCCCCCCCCC(=O)OCC(COC(=O)CCCCCCCC/C=C\C/C=C\C/C=C\CCCCC)OC(=O)CC/C=C\C/C=C\C/C=C\C/C=C\C/C=C\C/C=C\CC. The summed E-state index contributed by atoms with van der Waals surface area (Å²) in [7, 11) is 0. The number of carbonyl (C=O) groups is 3. The van der Waals surface area contributed by atoms with E-state index in [-0.39, 0.29) is 31.6 Å². The molecule has 0 bridgehead atoms. The molecule has 0 saturated carbocycles. The summed E-state index contributed by atoms with van der Waals surface area (Å²) < 4.78 is 16.9. The molecule has 0 radical (unpaired) electrons. The average Bonchev–Trinajstić information content (AvgIpc) is 3.50. The van der Waals surface area contributed by atoms with Gasteiger partial charge < -0.3 is 14.2 Å². The number of allylic oxidation sites excluding steroid dienone is 30. The molecule has 83 heavy (non-hydrogen) atoms. The fourth-order valence-electron chi connectivity index (χ4n) is 8.48. The summed E-state index contributed by atoms with van der Waals surface area (Å²) >= 11 is 0. The minimum Gasteiger partial charge on any atom is -0.462 e. The molecule has 0 saturated heterocycles. The number of rotatable bonds is 58. The zero-order chi connectivity index (χ0) is 59.9. The molecular weight excluding hydrogens is 1020 g/mol. The number of ether oxygens (including phenoxy) is 3.